The Kier molecular flexibility index (Phi) is 2.46. The Labute approximate surface area is 89.2 Å². The molecule has 0 spiro atoms. The Balaban J connectivity index is 2.36. The summed E-state index contributed by atoms with van der Waals surface area (Å²) in [6, 6.07) is 1.97. The second-order valence-electron chi connectivity index (χ2n) is 4.98. The van der Waals surface area contributed by atoms with Crippen LogP contribution in [0.3, 0.4) is 0 Å². The summed E-state index contributed by atoms with van der Waals surface area (Å²) in [5, 5.41) is 2.88. The molecular weight excluding hydrogens is 192 g/mol. The van der Waals surface area contributed by atoms with Crippen LogP contribution in [-0.2, 0) is 4.74 Å². The molecule has 15 heavy (non-hydrogen) atoms. The fraction of sp³-hybridized carbons (Fsp3) is 0.727. The predicted octanol–water partition coefficient (Wildman–Crippen LogP) is 1.47. The summed E-state index contributed by atoms with van der Waals surface area (Å²) in [7, 11) is 0. The minimum absolute atomic E-state index is 0.0187. The number of ether oxygens (including phenoxy) is 1. The standard InChI is InChI=1S/C11H18N2O2/c1-8-6-10(14)12-13(8)9-4-5-15-7-11(9,2)3/h6,9H,4-5,7H2,1-3H3,(H,12,14). The van der Waals surface area contributed by atoms with Gasteiger partial charge in [0.05, 0.1) is 12.6 Å². The molecule has 2 heterocycles. The maximum absolute atomic E-state index is 11.3. The molecule has 0 aliphatic carbocycles. The summed E-state index contributed by atoms with van der Waals surface area (Å²) < 4.78 is 7.47. The molecule has 4 nitrogen and oxygen atoms in total. The smallest absolute Gasteiger partial charge is 0.264 e. The molecule has 0 saturated carbocycles. The van der Waals surface area contributed by atoms with Gasteiger partial charge in [-0.3, -0.25) is 14.6 Å². The number of aryl methyl sites for hydroxylation is 1. The molecule has 84 valence electrons. The van der Waals surface area contributed by atoms with Gasteiger partial charge in [-0.2, -0.15) is 0 Å². The van der Waals surface area contributed by atoms with E-state index in [0.717, 1.165) is 25.3 Å². The highest BCUT2D eigenvalue weighted by molar-refractivity contribution is 5.01. The van der Waals surface area contributed by atoms with Gasteiger partial charge in [0.25, 0.3) is 5.56 Å². The lowest BCUT2D eigenvalue weighted by Gasteiger charge is -2.39. The van der Waals surface area contributed by atoms with E-state index in [1.54, 1.807) is 6.07 Å². The predicted molar refractivity (Wildman–Crippen MR) is 58.0 cm³/mol. The third kappa shape index (κ3) is 1.86. The number of hydrogen-bond donors (Lipinski definition) is 1. The van der Waals surface area contributed by atoms with Gasteiger partial charge in [0.1, 0.15) is 0 Å². The molecule has 1 aliphatic rings. The molecule has 1 unspecified atom stereocenters. The van der Waals surface area contributed by atoms with Crippen molar-refractivity contribution in [2.24, 2.45) is 5.41 Å². The van der Waals surface area contributed by atoms with E-state index in [4.69, 9.17) is 4.74 Å². The molecule has 0 amide bonds. The van der Waals surface area contributed by atoms with Crippen LogP contribution in [0.2, 0.25) is 0 Å². The van der Waals surface area contributed by atoms with Crippen LogP contribution in [0.4, 0.5) is 0 Å². The quantitative estimate of drug-likeness (QED) is 0.763. The Bertz CT molecular complexity index is 403. The fourth-order valence-electron chi connectivity index (χ4n) is 2.32. The number of nitrogens with zero attached hydrogens (tertiary/aromatic N) is 1. The summed E-state index contributed by atoms with van der Waals surface area (Å²) in [4.78, 5) is 11.3. The molecule has 1 fully saturated rings. The number of aromatic nitrogens is 2. The fourth-order valence-corrected chi connectivity index (χ4v) is 2.32. The molecule has 2 rings (SSSR count). The summed E-state index contributed by atoms with van der Waals surface area (Å²) >= 11 is 0. The van der Waals surface area contributed by atoms with E-state index in [-0.39, 0.29) is 11.0 Å². The Morgan fingerprint density at radius 3 is 2.87 bits per heavy atom. The van der Waals surface area contributed by atoms with Gasteiger partial charge < -0.3 is 4.74 Å². The van der Waals surface area contributed by atoms with Gasteiger partial charge in [0.2, 0.25) is 0 Å². The number of H-pyrrole nitrogens is 1. The number of hydrogen-bond acceptors (Lipinski definition) is 2. The maximum atomic E-state index is 11.3. The first kappa shape index (κ1) is 10.5. The number of rotatable bonds is 1. The molecule has 0 aromatic carbocycles. The molecular formula is C11H18N2O2. The van der Waals surface area contributed by atoms with Crippen LogP contribution >= 0.6 is 0 Å². The highest BCUT2D eigenvalue weighted by atomic mass is 16.5. The van der Waals surface area contributed by atoms with Crippen molar-refractivity contribution >= 4 is 0 Å². The molecule has 1 atom stereocenters. The summed E-state index contributed by atoms with van der Waals surface area (Å²) in [5.74, 6) is 0. The first-order chi connectivity index (χ1) is 7.00. The summed E-state index contributed by atoms with van der Waals surface area (Å²) in [6.45, 7) is 7.83. The van der Waals surface area contributed by atoms with Crippen molar-refractivity contribution in [1.29, 1.82) is 0 Å². The topological polar surface area (TPSA) is 47.0 Å². The van der Waals surface area contributed by atoms with Crippen LogP contribution in [0.5, 0.6) is 0 Å². The normalized spacial score (nSPS) is 25.4. The molecule has 0 bridgehead atoms. The Morgan fingerprint density at radius 2 is 2.33 bits per heavy atom. The highest BCUT2D eigenvalue weighted by Gasteiger charge is 2.35. The molecule has 1 aromatic heterocycles. The lowest BCUT2D eigenvalue weighted by Crippen LogP contribution is -2.38. The van der Waals surface area contributed by atoms with Crippen molar-refractivity contribution in [2.45, 2.75) is 33.2 Å². The van der Waals surface area contributed by atoms with Crippen molar-refractivity contribution in [1.82, 2.24) is 9.78 Å². The lowest BCUT2D eigenvalue weighted by molar-refractivity contribution is -0.0299. The van der Waals surface area contributed by atoms with E-state index in [0.29, 0.717) is 6.04 Å². The van der Waals surface area contributed by atoms with Crippen molar-refractivity contribution in [3.05, 3.63) is 22.1 Å². The minimum Gasteiger partial charge on any atom is -0.381 e. The zero-order valence-corrected chi connectivity index (χ0v) is 9.54. The SMILES string of the molecule is Cc1cc(=O)[nH]n1C1CCOCC1(C)C. The molecule has 0 radical (unpaired) electrons. The summed E-state index contributed by atoms with van der Waals surface area (Å²) in [5.41, 5.74) is 1.06. The van der Waals surface area contributed by atoms with Crippen LogP contribution < -0.4 is 5.56 Å². The second-order valence-corrected chi connectivity index (χ2v) is 4.98. The Hall–Kier alpha value is -1.03. The van der Waals surface area contributed by atoms with E-state index in [1.165, 1.54) is 0 Å². The zero-order valence-electron chi connectivity index (χ0n) is 9.54. The van der Waals surface area contributed by atoms with Crippen LogP contribution in [0.15, 0.2) is 10.9 Å². The third-order valence-corrected chi connectivity index (χ3v) is 3.17. The van der Waals surface area contributed by atoms with Gasteiger partial charge in [0.15, 0.2) is 0 Å². The number of aromatic amines is 1. The first-order valence-corrected chi connectivity index (χ1v) is 5.36. The van der Waals surface area contributed by atoms with E-state index < -0.39 is 0 Å². The van der Waals surface area contributed by atoms with Gasteiger partial charge in [0, 0.05) is 23.8 Å². The molecule has 4 heteroatoms. The summed E-state index contributed by atoms with van der Waals surface area (Å²) in [6.07, 6.45) is 0.957. The van der Waals surface area contributed by atoms with Crippen molar-refractivity contribution < 1.29 is 4.74 Å². The van der Waals surface area contributed by atoms with E-state index >= 15 is 0 Å². The second kappa shape index (κ2) is 3.52. The zero-order chi connectivity index (χ0) is 11.1. The van der Waals surface area contributed by atoms with Crippen LogP contribution in [0, 0.1) is 12.3 Å². The highest BCUT2D eigenvalue weighted by Crippen LogP contribution is 2.37. The van der Waals surface area contributed by atoms with Gasteiger partial charge in [-0.25, -0.2) is 0 Å². The van der Waals surface area contributed by atoms with Crippen LogP contribution in [0.1, 0.15) is 32.0 Å². The van der Waals surface area contributed by atoms with Crippen molar-refractivity contribution in [2.75, 3.05) is 13.2 Å². The third-order valence-electron chi connectivity index (χ3n) is 3.17. The van der Waals surface area contributed by atoms with Crippen LogP contribution in [-0.4, -0.2) is 23.0 Å². The van der Waals surface area contributed by atoms with Gasteiger partial charge in [-0.1, -0.05) is 13.8 Å². The number of nitrogens with one attached hydrogen (secondary N) is 1. The maximum Gasteiger partial charge on any atom is 0.264 e. The van der Waals surface area contributed by atoms with Gasteiger partial charge in [-0.05, 0) is 13.3 Å². The molecule has 1 aromatic rings. The van der Waals surface area contributed by atoms with Gasteiger partial charge >= 0.3 is 0 Å². The van der Waals surface area contributed by atoms with Gasteiger partial charge in [-0.15, -0.1) is 0 Å². The van der Waals surface area contributed by atoms with E-state index in [2.05, 4.69) is 18.9 Å². The largest absolute Gasteiger partial charge is 0.381 e. The molecule has 1 N–H and O–H groups in total. The molecule has 1 aliphatic heterocycles. The van der Waals surface area contributed by atoms with Crippen molar-refractivity contribution in [3.8, 4) is 0 Å². The average Bonchev–Trinajstić information content (AvgIpc) is 2.44. The minimum atomic E-state index is -0.0187. The van der Waals surface area contributed by atoms with E-state index in [9.17, 15) is 4.79 Å². The average molecular weight is 210 g/mol. The monoisotopic (exact) mass is 210 g/mol. The first-order valence-electron chi connectivity index (χ1n) is 5.36. The van der Waals surface area contributed by atoms with E-state index in [1.807, 2.05) is 11.6 Å². The Morgan fingerprint density at radius 1 is 1.60 bits per heavy atom. The van der Waals surface area contributed by atoms with Crippen molar-refractivity contribution in [3.63, 3.8) is 0 Å². The van der Waals surface area contributed by atoms with Crippen LogP contribution in [0.25, 0.3) is 0 Å². The lowest BCUT2D eigenvalue weighted by atomic mass is 9.82. The molecule has 1 saturated heterocycles.